The molecule has 1 saturated carbocycles. The molecule has 1 amide bonds. The van der Waals surface area contributed by atoms with Gasteiger partial charge in [-0.1, -0.05) is 49.6 Å². The summed E-state index contributed by atoms with van der Waals surface area (Å²) in [7, 11) is 0. The van der Waals surface area contributed by atoms with Gasteiger partial charge in [-0.2, -0.15) is 0 Å². The van der Waals surface area contributed by atoms with E-state index in [1.807, 2.05) is 30.3 Å². The number of amides is 1. The third-order valence-corrected chi connectivity index (χ3v) is 5.45. The Morgan fingerprint density at radius 1 is 1.03 bits per heavy atom. The molecule has 0 radical (unpaired) electrons. The van der Waals surface area contributed by atoms with Crippen LogP contribution in [0.4, 0.5) is 0 Å². The zero-order valence-electron chi connectivity index (χ0n) is 16.4. The van der Waals surface area contributed by atoms with Crippen LogP contribution in [-0.2, 0) is 6.61 Å². The Bertz CT molecular complexity index is 1040. The Morgan fingerprint density at radius 2 is 1.83 bits per heavy atom. The molecule has 0 bridgehead atoms. The minimum Gasteiger partial charge on any atom is -0.489 e. The van der Waals surface area contributed by atoms with E-state index in [2.05, 4.69) is 5.32 Å². The van der Waals surface area contributed by atoms with E-state index in [1.54, 1.807) is 18.2 Å². The molecule has 0 aliphatic heterocycles. The number of nitrogens with one attached hydrogen (secondary N) is 1. The summed E-state index contributed by atoms with van der Waals surface area (Å²) in [6.07, 6.45) is 6.02. The fourth-order valence-electron chi connectivity index (χ4n) is 3.79. The first-order valence-corrected chi connectivity index (χ1v) is 10.2. The van der Waals surface area contributed by atoms with Crippen LogP contribution in [0.25, 0.3) is 11.0 Å². The Hall–Kier alpha value is -3.08. The Morgan fingerprint density at radius 3 is 2.62 bits per heavy atom. The van der Waals surface area contributed by atoms with E-state index >= 15 is 0 Å². The summed E-state index contributed by atoms with van der Waals surface area (Å²) < 4.78 is 11.5. The van der Waals surface area contributed by atoms with Crippen molar-refractivity contribution in [3.63, 3.8) is 0 Å². The number of ether oxygens (including phenoxy) is 1. The molecule has 1 fully saturated rings. The van der Waals surface area contributed by atoms with Crippen LogP contribution < -0.4 is 15.5 Å². The van der Waals surface area contributed by atoms with Crippen molar-refractivity contribution >= 4 is 16.9 Å². The van der Waals surface area contributed by atoms with Crippen LogP contribution in [0, 0.1) is 5.92 Å². The third-order valence-electron chi connectivity index (χ3n) is 5.45. The maximum Gasteiger partial charge on any atom is 0.287 e. The largest absolute Gasteiger partial charge is 0.489 e. The molecule has 0 saturated heterocycles. The first kappa shape index (κ1) is 19.2. The summed E-state index contributed by atoms with van der Waals surface area (Å²) >= 11 is 0. The monoisotopic (exact) mass is 391 g/mol. The zero-order chi connectivity index (χ0) is 20.1. The van der Waals surface area contributed by atoms with E-state index in [0.29, 0.717) is 35.8 Å². The van der Waals surface area contributed by atoms with Crippen LogP contribution in [0.5, 0.6) is 5.75 Å². The van der Waals surface area contributed by atoms with E-state index in [-0.39, 0.29) is 17.1 Å². The summed E-state index contributed by atoms with van der Waals surface area (Å²) in [5.74, 6) is 0.822. The first-order chi connectivity index (χ1) is 14.2. The standard InChI is InChI=1S/C24H25NO4/c26-21-14-23(24(27)25-15-17-7-3-1-4-8-17)29-22-12-11-19(13-20(21)22)28-16-18-9-5-2-6-10-18/h2,5-6,9-14,17H,1,3-4,7-8,15-16H2,(H,25,27). The SMILES string of the molecule is O=C(NCC1CCCCC1)c1cc(=O)c2cc(OCc3ccccc3)ccc2o1. The molecule has 1 aliphatic carbocycles. The molecular weight excluding hydrogens is 366 g/mol. The normalized spacial score (nSPS) is 14.6. The van der Waals surface area contributed by atoms with Gasteiger partial charge in [0, 0.05) is 12.6 Å². The van der Waals surface area contributed by atoms with Crippen molar-refractivity contribution in [1.82, 2.24) is 5.32 Å². The number of hydrogen-bond donors (Lipinski definition) is 1. The van der Waals surface area contributed by atoms with Crippen molar-refractivity contribution in [1.29, 1.82) is 0 Å². The van der Waals surface area contributed by atoms with Crippen molar-refractivity contribution in [2.24, 2.45) is 5.92 Å². The highest BCUT2D eigenvalue weighted by atomic mass is 16.5. The molecule has 1 N–H and O–H groups in total. The quantitative estimate of drug-likeness (QED) is 0.662. The number of carbonyl (C=O) groups is 1. The van der Waals surface area contributed by atoms with Crippen LogP contribution in [0.3, 0.4) is 0 Å². The predicted octanol–water partition coefficient (Wildman–Crippen LogP) is 4.68. The molecule has 150 valence electrons. The highest BCUT2D eigenvalue weighted by Gasteiger charge is 2.17. The van der Waals surface area contributed by atoms with Gasteiger partial charge in [0.15, 0.2) is 11.2 Å². The van der Waals surface area contributed by atoms with Crippen LogP contribution in [-0.4, -0.2) is 12.5 Å². The average Bonchev–Trinajstić information content (AvgIpc) is 2.77. The van der Waals surface area contributed by atoms with Crippen molar-refractivity contribution < 1.29 is 13.9 Å². The number of rotatable bonds is 6. The molecule has 29 heavy (non-hydrogen) atoms. The topological polar surface area (TPSA) is 68.5 Å². The lowest BCUT2D eigenvalue weighted by Crippen LogP contribution is -2.30. The third kappa shape index (κ3) is 4.86. The Balaban J connectivity index is 1.45. The van der Waals surface area contributed by atoms with Gasteiger partial charge in [0.1, 0.15) is 17.9 Å². The fourth-order valence-corrected chi connectivity index (χ4v) is 3.79. The van der Waals surface area contributed by atoms with E-state index in [9.17, 15) is 9.59 Å². The molecule has 0 spiro atoms. The second-order valence-electron chi connectivity index (χ2n) is 7.62. The van der Waals surface area contributed by atoms with Gasteiger partial charge in [-0.15, -0.1) is 0 Å². The van der Waals surface area contributed by atoms with Crippen molar-refractivity contribution in [2.75, 3.05) is 6.54 Å². The maximum atomic E-state index is 12.5. The number of hydrogen-bond acceptors (Lipinski definition) is 4. The molecular formula is C24H25NO4. The molecule has 1 heterocycles. The summed E-state index contributed by atoms with van der Waals surface area (Å²) in [6, 6.07) is 16.2. The summed E-state index contributed by atoms with van der Waals surface area (Å²) in [6.45, 7) is 1.05. The Kier molecular flexibility index (Phi) is 5.94. The van der Waals surface area contributed by atoms with Gasteiger partial charge in [-0.05, 0) is 42.5 Å². The van der Waals surface area contributed by atoms with Gasteiger partial charge >= 0.3 is 0 Å². The lowest BCUT2D eigenvalue weighted by molar-refractivity contribution is 0.0916. The minimum atomic E-state index is -0.334. The van der Waals surface area contributed by atoms with E-state index in [4.69, 9.17) is 9.15 Å². The lowest BCUT2D eigenvalue weighted by Gasteiger charge is -2.21. The maximum absolute atomic E-state index is 12.5. The predicted molar refractivity (Wildman–Crippen MR) is 112 cm³/mol. The lowest BCUT2D eigenvalue weighted by atomic mass is 9.89. The number of fused-ring (bicyclic) bond motifs is 1. The highest BCUT2D eigenvalue weighted by Crippen LogP contribution is 2.23. The first-order valence-electron chi connectivity index (χ1n) is 10.2. The van der Waals surface area contributed by atoms with Crippen molar-refractivity contribution in [2.45, 2.75) is 38.7 Å². The molecule has 5 heteroatoms. The highest BCUT2D eigenvalue weighted by molar-refractivity contribution is 5.93. The van der Waals surface area contributed by atoms with Crippen molar-refractivity contribution in [3.05, 3.63) is 76.1 Å². The van der Waals surface area contributed by atoms with Crippen LogP contribution >= 0.6 is 0 Å². The molecule has 0 unspecified atom stereocenters. The second kappa shape index (κ2) is 8.95. The number of benzene rings is 2. The van der Waals surface area contributed by atoms with Gasteiger partial charge in [-0.25, -0.2) is 0 Å². The summed E-state index contributed by atoms with van der Waals surface area (Å²) in [5, 5.41) is 3.32. The molecule has 4 rings (SSSR count). The average molecular weight is 391 g/mol. The molecule has 0 atom stereocenters. The summed E-state index contributed by atoms with van der Waals surface area (Å²) in [5.41, 5.74) is 1.18. The van der Waals surface area contributed by atoms with E-state index in [0.717, 1.165) is 18.4 Å². The molecule has 2 aromatic carbocycles. The Labute approximate surface area is 169 Å². The summed E-state index contributed by atoms with van der Waals surface area (Å²) in [4.78, 5) is 25.0. The molecule has 3 aromatic rings. The van der Waals surface area contributed by atoms with Gasteiger partial charge in [-0.3, -0.25) is 9.59 Å². The van der Waals surface area contributed by atoms with Gasteiger partial charge < -0.3 is 14.5 Å². The van der Waals surface area contributed by atoms with E-state index in [1.165, 1.54) is 25.3 Å². The van der Waals surface area contributed by atoms with Gasteiger partial charge in [0.05, 0.1) is 5.39 Å². The molecule has 1 aliphatic rings. The van der Waals surface area contributed by atoms with Crippen molar-refractivity contribution in [3.8, 4) is 5.75 Å². The second-order valence-corrected chi connectivity index (χ2v) is 7.62. The van der Waals surface area contributed by atoms with Gasteiger partial charge in [0.25, 0.3) is 5.91 Å². The minimum absolute atomic E-state index is 0.0521. The smallest absolute Gasteiger partial charge is 0.287 e. The molecule has 1 aromatic heterocycles. The van der Waals surface area contributed by atoms with Gasteiger partial charge in [0.2, 0.25) is 0 Å². The molecule has 5 nitrogen and oxygen atoms in total. The van der Waals surface area contributed by atoms with E-state index < -0.39 is 0 Å². The van der Waals surface area contributed by atoms with Crippen LogP contribution in [0.15, 0.2) is 63.8 Å². The van der Waals surface area contributed by atoms with Crippen LogP contribution in [0.1, 0.15) is 48.2 Å². The number of carbonyl (C=O) groups excluding carboxylic acids is 1. The van der Waals surface area contributed by atoms with Crippen LogP contribution in [0.2, 0.25) is 0 Å². The fraction of sp³-hybridized carbons (Fsp3) is 0.333. The zero-order valence-corrected chi connectivity index (χ0v) is 16.4.